The number of benzene rings is 2. The highest BCUT2D eigenvalue weighted by molar-refractivity contribution is 9.11. The van der Waals surface area contributed by atoms with Gasteiger partial charge in [0.2, 0.25) is 0 Å². The Labute approximate surface area is 165 Å². The van der Waals surface area contributed by atoms with Gasteiger partial charge in [0.25, 0.3) is 5.56 Å². The van der Waals surface area contributed by atoms with Crippen LogP contribution in [0.1, 0.15) is 12.5 Å². The van der Waals surface area contributed by atoms with E-state index in [0.717, 1.165) is 0 Å². The van der Waals surface area contributed by atoms with E-state index in [2.05, 4.69) is 36.8 Å². The molecule has 0 spiro atoms. The molecule has 7 heteroatoms. The van der Waals surface area contributed by atoms with Crippen LogP contribution in [0.25, 0.3) is 22.0 Å². The van der Waals surface area contributed by atoms with Gasteiger partial charge in [-0.2, -0.15) is 0 Å². The number of hydrogen-bond acceptors (Lipinski definition) is 3. The van der Waals surface area contributed by atoms with E-state index < -0.39 is 5.82 Å². The quantitative estimate of drug-likeness (QED) is 0.560. The third-order valence-electron chi connectivity index (χ3n) is 3.96. The molecule has 26 heavy (non-hydrogen) atoms. The highest BCUT2D eigenvalue weighted by Crippen LogP contribution is 2.40. The Bertz CT molecular complexity index is 1090. The van der Waals surface area contributed by atoms with Gasteiger partial charge in [0.1, 0.15) is 18.2 Å². The molecule has 0 saturated carbocycles. The molecule has 134 valence electrons. The number of halogens is 3. The molecule has 0 amide bonds. The number of carbonyl (C=O) groups is 1. The van der Waals surface area contributed by atoms with Crippen LogP contribution in [0.15, 0.2) is 44.1 Å². The molecule has 4 nitrogen and oxygen atoms in total. The second-order valence-corrected chi connectivity index (χ2v) is 7.50. The molecule has 3 rings (SSSR count). The minimum Gasteiger partial charge on any atom is -0.484 e. The molecule has 0 atom stereocenters. The van der Waals surface area contributed by atoms with Crippen molar-refractivity contribution in [3.05, 3.63) is 61.0 Å². The molecule has 2 aromatic carbocycles. The van der Waals surface area contributed by atoms with Gasteiger partial charge in [-0.1, -0.05) is 18.2 Å². The molecule has 0 aliphatic carbocycles. The molecular weight excluding hydrogens is 469 g/mol. The Morgan fingerprint density at radius 1 is 1.27 bits per heavy atom. The molecule has 0 saturated heterocycles. The fourth-order valence-electron chi connectivity index (χ4n) is 2.80. The van der Waals surface area contributed by atoms with E-state index in [1.165, 1.54) is 13.0 Å². The number of Topliss-reactive ketones (excluding diaryl/α,β-unsaturated/α-hetero) is 1. The summed E-state index contributed by atoms with van der Waals surface area (Å²) in [6.07, 6.45) is 0. The van der Waals surface area contributed by atoms with E-state index in [4.69, 9.17) is 4.74 Å². The average molecular weight is 483 g/mol. The lowest BCUT2D eigenvalue weighted by atomic mass is 9.98. The van der Waals surface area contributed by atoms with Crippen molar-refractivity contribution in [3.8, 4) is 16.9 Å². The van der Waals surface area contributed by atoms with Gasteiger partial charge in [-0.25, -0.2) is 4.39 Å². The average Bonchev–Trinajstić information content (AvgIpc) is 2.58. The van der Waals surface area contributed by atoms with Gasteiger partial charge in [-0.05, 0) is 57.8 Å². The number of aryl methyl sites for hydroxylation is 1. The molecule has 0 fully saturated rings. The van der Waals surface area contributed by atoms with Crippen LogP contribution in [0.3, 0.4) is 0 Å². The van der Waals surface area contributed by atoms with Crippen LogP contribution >= 0.6 is 31.9 Å². The van der Waals surface area contributed by atoms with Crippen molar-refractivity contribution in [2.45, 2.75) is 13.8 Å². The smallest absolute Gasteiger partial charge is 0.263 e. The monoisotopic (exact) mass is 481 g/mol. The van der Waals surface area contributed by atoms with E-state index >= 15 is 0 Å². The van der Waals surface area contributed by atoms with E-state index in [1.54, 1.807) is 31.2 Å². The summed E-state index contributed by atoms with van der Waals surface area (Å²) in [5.74, 6) is -0.0799. The minimum absolute atomic E-state index is 0.0775. The van der Waals surface area contributed by atoms with Crippen molar-refractivity contribution >= 4 is 48.5 Å². The number of aromatic nitrogens is 1. The number of ether oxygens (including phenoxy) is 1. The fourth-order valence-corrected chi connectivity index (χ4v) is 3.96. The van der Waals surface area contributed by atoms with Crippen molar-refractivity contribution < 1.29 is 13.9 Å². The van der Waals surface area contributed by atoms with Gasteiger partial charge >= 0.3 is 0 Å². The Hall–Kier alpha value is -1.99. The van der Waals surface area contributed by atoms with Gasteiger partial charge in [-0.3, -0.25) is 9.59 Å². The Balaban J connectivity index is 2.37. The first-order valence-electron chi connectivity index (χ1n) is 7.73. The number of aromatic amines is 1. The number of pyridine rings is 1. The zero-order chi connectivity index (χ0) is 19.0. The number of rotatable bonds is 4. The zero-order valence-electron chi connectivity index (χ0n) is 14.0. The molecule has 0 aliphatic rings. The molecule has 0 aliphatic heterocycles. The van der Waals surface area contributed by atoms with Gasteiger partial charge in [0, 0.05) is 22.1 Å². The lowest BCUT2D eigenvalue weighted by Crippen LogP contribution is -2.12. The summed E-state index contributed by atoms with van der Waals surface area (Å²) in [6.45, 7) is 3.13. The van der Waals surface area contributed by atoms with Crippen molar-refractivity contribution in [2.75, 3.05) is 6.61 Å². The predicted molar refractivity (Wildman–Crippen MR) is 106 cm³/mol. The van der Waals surface area contributed by atoms with E-state index in [9.17, 15) is 14.0 Å². The third-order valence-corrected chi connectivity index (χ3v) is 5.31. The Morgan fingerprint density at radius 3 is 2.62 bits per heavy atom. The predicted octanol–water partition coefficient (Wildman–Crippen LogP) is 5.14. The summed E-state index contributed by atoms with van der Waals surface area (Å²) < 4.78 is 20.8. The Kier molecular flexibility index (Phi) is 5.29. The fraction of sp³-hybridized carbons (Fsp3) is 0.158. The summed E-state index contributed by atoms with van der Waals surface area (Å²) in [4.78, 5) is 26.5. The molecule has 0 radical (unpaired) electrons. The van der Waals surface area contributed by atoms with Crippen molar-refractivity contribution in [1.82, 2.24) is 4.98 Å². The van der Waals surface area contributed by atoms with Gasteiger partial charge in [-0.15, -0.1) is 0 Å². The topological polar surface area (TPSA) is 59.2 Å². The molecule has 0 unspecified atom stereocenters. The maximum Gasteiger partial charge on any atom is 0.263 e. The number of H-pyrrole nitrogens is 1. The second kappa shape index (κ2) is 7.32. The van der Waals surface area contributed by atoms with E-state index in [0.29, 0.717) is 37.8 Å². The molecule has 0 bridgehead atoms. The van der Waals surface area contributed by atoms with E-state index in [1.807, 2.05) is 0 Å². The first kappa shape index (κ1) is 18.8. The SMILES string of the molecule is CC(=O)COc1c(Br)cc2c(-c3ccccc3F)c(Br)c(=O)[nH]c2c1C. The molecule has 1 N–H and O–H groups in total. The highest BCUT2D eigenvalue weighted by Gasteiger charge is 2.20. The van der Waals surface area contributed by atoms with Crippen LogP contribution in [0, 0.1) is 12.7 Å². The van der Waals surface area contributed by atoms with Gasteiger partial charge < -0.3 is 9.72 Å². The van der Waals surface area contributed by atoms with E-state index in [-0.39, 0.29) is 22.4 Å². The maximum absolute atomic E-state index is 14.4. The van der Waals surface area contributed by atoms with Crippen molar-refractivity contribution in [3.63, 3.8) is 0 Å². The summed E-state index contributed by atoms with van der Waals surface area (Å²) in [5, 5.41) is 0.654. The van der Waals surface area contributed by atoms with Crippen LogP contribution in [-0.4, -0.2) is 17.4 Å². The van der Waals surface area contributed by atoms with Crippen LogP contribution in [0.5, 0.6) is 5.75 Å². The largest absolute Gasteiger partial charge is 0.484 e. The summed E-state index contributed by atoms with van der Waals surface area (Å²) in [6, 6.07) is 8.03. The molecular formula is C19H14Br2FNO3. The first-order chi connectivity index (χ1) is 12.3. The Morgan fingerprint density at radius 2 is 1.96 bits per heavy atom. The normalized spacial score (nSPS) is 11.0. The lowest BCUT2D eigenvalue weighted by molar-refractivity contribution is -0.118. The number of nitrogens with one attached hydrogen (secondary N) is 1. The number of hydrogen-bond donors (Lipinski definition) is 1. The summed E-state index contributed by atoms with van der Waals surface area (Å²) in [5.41, 5.74) is 1.58. The maximum atomic E-state index is 14.4. The molecule has 1 heterocycles. The number of ketones is 1. The summed E-state index contributed by atoms with van der Waals surface area (Å²) in [7, 11) is 0. The number of carbonyl (C=O) groups excluding carboxylic acids is 1. The van der Waals surface area contributed by atoms with Crippen LogP contribution < -0.4 is 10.3 Å². The van der Waals surface area contributed by atoms with Crippen molar-refractivity contribution in [2.24, 2.45) is 0 Å². The highest BCUT2D eigenvalue weighted by atomic mass is 79.9. The van der Waals surface area contributed by atoms with Crippen LogP contribution in [0.4, 0.5) is 4.39 Å². The zero-order valence-corrected chi connectivity index (χ0v) is 17.1. The summed E-state index contributed by atoms with van der Waals surface area (Å²) >= 11 is 6.74. The lowest BCUT2D eigenvalue weighted by Gasteiger charge is -2.16. The first-order valence-corrected chi connectivity index (χ1v) is 9.31. The second-order valence-electron chi connectivity index (χ2n) is 5.85. The standard InChI is InChI=1S/C19H14Br2FNO3/c1-9(24)8-26-18-10(2)17-12(7-13(18)20)15(16(21)19(25)23-17)11-5-3-4-6-14(11)22/h3-7H,8H2,1-2H3,(H,23,25). The van der Waals surface area contributed by atoms with Crippen LogP contribution in [-0.2, 0) is 4.79 Å². The van der Waals surface area contributed by atoms with Crippen LogP contribution in [0.2, 0.25) is 0 Å². The third kappa shape index (κ3) is 3.33. The van der Waals surface area contributed by atoms with Gasteiger partial charge in [0.15, 0.2) is 5.78 Å². The number of fused-ring (bicyclic) bond motifs is 1. The molecule has 1 aromatic heterocycles. The van der Waals surface area contributed by atoms with Gasteiger partial charge in [0.05, 0.1) is 14.5 Å². The minimum atomic E-state index is -0.425. The van der Waals surface area contributed by atoms with Crippen molar-refractivity contribution in [1.29, 1.82) is 0 Å². The molecule has 3 aromatic rings.